The number of hydrogen-bond donors (Lipinski definition) is 0. The average molecular weight is 347 g/mol. The molecule has 23 heavy (non-hydrogen) atoms. The maximum absolute atomic E-state index is 14.2. The maximum atomic E-state index is 14.2. The number of nitriles is 1. The molecule has 1 aromatic heterocycles. The van der Waals surface area contributed by atoms with Gasteiger partial charge in [-0.05, 0) is 24.6 Å². The van der Waals surface area contributed by atoms with E-state index in [9.17, 15) is 17.6 Å². The molecule has 0 atom stereocenters. The molecule has 0 unspecified atom stereocenters. The van der Waals surface area contributed by atoms with Gasteiger partial charge in [0.05, 0.1) is 5.69 Å². The second-order valence-electron chi connectivity index (χ2n) is 4.55. The summed E-state index contributed by atoms with van der Waals surface area (Å²) in [6.07, 6.45) is -4.96. The molecule has 0 aliphatic rings. The molecule has 2 rings (SSSR count). The summed E-state index contributed by atoms with van der Waals surface area (Å²) in [4.78, 5) is 0. The summed E-state index contributed by atoms with van der Waals surface area (Å²) in [6.45, 7) is 1.21. The van der Waals surface area contributed by atoms with Gasteiger partial charge in [0.15, 0.2) is 11.5 Å². The van der Waals surface area contributed by atoms with E-state index in [0.29, 0.717) is 9.59 Å². The fourth-order valence-electron chi connectivity index (χ4n) is 2.19. The molecule has 0 amide bonds. The second-order valence-corrected chi connectivity index (χ2v) is 4.99. The molecular formula is C15H11ClF4N2O. The van der Waals surface area contributed by atoms with Crippen molar-refractivity contribution in [2.75, 3.05) is 6.61 Å². The van der Waals surface area contributed by atoms with Crippen LogP contribution in [0.5, 0.6) is 0 Å². The van der Waals surface area contributed by atoms with Gasteiger partial charge < -0.3 is 9.30 Å². The minimum absolute atomic E-state index is 0.138. The summed E-state index contributed by atoms with van der Waals surface area (Å²) < 4.78 is 59.4. The summed E-state index contributed by atoms with van der Waals surface area (Å²) >= 11 is 5.75. The monoisotopic (exact) mass is 346 g/mol. The van der Waals surface area contributed by atoms with Gasteiger partial charge in [-0.1, -0.05) is 23.7 Å². The number of rotatable bonds is 4. The normalized spacial score (nSPS) is 11.5. The third-order valence-corrected chi connectivity index (χ3v) is 3.38. The van der Waals surface area contributed by atoms with Gasteiger partial charge in [-0.15, -0.1) is 0 Å². The summed E-state index contributed by atoms with van der Waals surface area (Å²) in [5.74, 6) is -1.61. The Morgan fingerprint density at radius 3 is 2.35 bits per heavy atom. The number of benzene rings is 1. The van der Waals surface area contributed by atoms with Crippen LogP contribution < -0.4 is 0 Å². The van der Waals surface area contributed by atoms with Gasteiger partial charge >= 0.3 is 6.18 Å². The third-order valence-electron chi connectivity index (χ3n) is 3.13. The molecule has 8 heteroatoms. The highest BCUT2D eigenvalue weighted by molar-refractivity contribution is 6.30. The van der Waals surface area contributed by atoms with Gasteiger partial charge in [0.25, 0.3) is 0 Å². The molecule has 122 valence electrons. The smallest absolute Gasteiger partial charge is 0.361 e. The lowest BCUT2D eigenvalue weighted by Crippen LogP contribution is -2.17. The van der Waals surface area contributed by atoms with Crippen LogP contribution in [0, 0.1) is 17.1 Å². The Morgan fingerprint density at radius 1 is 1.26 bits per heavy atom. The van der Waals surface area contributed by atoms with Gasteiger partial charge in [0, 0.05) is 11.6 Å². The van der Waals surface area contributed by atoms with E-state index in [1.165, 1.54) is 30.3 Å². The molecule has 0 bridgehead atoms. The Morgan fingerprint density at radius 2 is 1.87 bits per heavy atom. The predicted octanol–water partition coefficient (Wildman–Crippen LogP) is 4.83. The maximum Gasteiger partial charge on any atom is 0.434 e. The van der Waals surface area contributed by atoms with Crippen LogP contribution in [0.15, 0.2) is 24.3 Å². The van der Waals surface area contributed by atoms with Gasteiger partial charge in [-0.25, -0.2) is 4.39 Å². The Balaban J connectivity index is 2.77. The first-order valence-corrected chi connectivity index (χ1v) is 6.92. The number of alkyl halides is 3. The quantitative estimate of drug-likeness (QED) is 0.743. The van der Waals surface area contributed by atoms with E-state index in [-0.39, 0.29) is 17.9 Å². The van der Waals surface area contributed by atoms with Crippen molar-refractivity contribution >= 4 is 11.6 Å². The molecule has 0 spiro atoms. The summed E-state index contributed by atoms with van der Waals surface area (Å²) in [5, 5.41) is 9.47. The molecular weight excluding hydrogens is 336 g/mol. The van der Waals surface area contributed by atoms with E-state index < -0.39 is 30.0 Å². The highest BCUT2D eigenvalue weighted by Gasteiger charge is 2.42. The van der Waals surface area contributed by atoms with Crippen LogP contribution in [-0.2, 0) is 17.6 Å². The standard InChI is InChI=1S/C15H11ClF4N2O/c1-2-23-8-22-13(9-3-5-10(16)6-4-9)11(7-21)12(17)14(22)15(18,19)20/h3-6H,2,8H2,1H3. The van der Waals surface area contributed by atoms with Crippen LogP contribution in [0.2, 0.25) is 5.02 Å². The van der Waals surface area contributed by atoms with Crippen LogP contribution in [0.3, 0.4) is 0 Å². The zero-order valence-electron chi connectivity index (χ0n) is 11.9. The largest absolute Gasteiger partial charge is 0.434 e. The lowest BCUT2D eigenvalue weighted by Gasteiger charge is -2.15. The van der Waals surface area contributed by atoms with Crippen LogP contribution >= 0.6 is 11.6 Å². The minimum Gasteiger partial charge on any atom is -0.361 e. The number of nitrogens with zero attached hydrogens (tertiary/aromatic N) is 2. The van der Waals surface area contributed by atoms with Crippen LogP contribution in [0.25, 0.3) is 11.3 Å². The molecule has 0 saturated carbocycles. The molecule has 0 aliphatic heterocycles. The zero-order valence-corrected chi connectivity index (χ0v) is 12.7. The summed E-state index contributed by atoms with van der Waals surface area (Å²) in [5.41, 5.74) is -2.17. The van der Waals surface area contributed by atoms with Crippen molar-refractivity contribution in [3.8, 4) is 17.3 Å². The number of ether oxygens (including phenoxy) is 1. The molecule has 3 nitrogen and oxygen atoms in total. The Kier molecular flexibility index (Phi) is 4.97. The van der Waals surface area contributed by atoms with Gasteiger partial charge in [0.2, 0.25) is 0 Å². The Hall–Kier alpha value is -2.04. The first kappa shape index (κ1) is 17.3. The van der Waals surface area contributed by atoms with E-state index in [1.54, 1.807) is 6.92 Å². The number of hydrogen-bond acceptors (Lipinski definition) is 2. The fourth-order valence-corrected chi connectivity index (χ4v) is 2.31. The van der Waals surface area contributed by atoms with Gasteiger partial charge in [-0.2, -0.15) is 18.4 Å². The van der Waals surface area contributed by atoms with E-state index in [2.05, 4.69) is 0 Å². The Bertz CT molecular complexity index is 745. The molecule has 0 fully saturated rings. The Labute approximate surface area is 134 Å². The number of aromatic nitrogens is 1. The molecule has 0 saturated heterocycles. The molecule has 0 radical (unpaired) electrons. The van der Waals surface area contributed by atoms with Crippen LogP contribution in [0.1, 0.15) is 18.2 Å². The highest BCUT2D eigenvalue weighted by Crippen LogP contribution is 2.39. The highest BCUT2D eigenvalue weighted by atomic mass is 35.5. The van der Waals surface area contributed by atoms with E-state index in [4.69, 9.17) is 21.6 Å². The van der Waals surface area contributed by atoms with Gasteiger partial charge in [0.1, 0.15) is 18.4 Å². The first-order chi connectivity index (χ1) is 10.8. The molecule has 0 aliphatic carbocycles. The van der Waals surface area contributed by atoms with E-state index >= 15 is 0 Å². The fraction of sp³-hybridized carbons (Fsp3) is 0.267. The van der Waals surface area contributed by atoms with Crippen molar-refractivity contribution in [1.82, 2.24) is 4.57 Å². The van der Waals surface area contributed by atoms with Crippen molar-refractivity contribution in [2.45, 2.75) is 19.8 Å². The molecule has 0 N–H and O–H groups in total. The average Bonchev–Trinajstić information content (AvgIpc) is 2.77. The zero-order chi connectivity index (χ0) is 17.2. The minimum atomic E-state index is -4.96. The third kappa shape index (κ3) is 3.33. The topological polar surface area (TPSA) is 38.0 Å². The second kappa shape index (κ2) is 6.60. The lowest BCUT2D eigenvalue weighted by atomic mass is 10.1. The SMILES string of the molecule is CCOCn1c(-c2ccc(Cl)cc2)c(C#N)c(F)c1C(F)(F)F. The van der Waals surface area contributed by atoms with Crippen LogP contribution in [0.4, 0.5) is 17.6 Å². The van der Waals surface area contributed by atoms with Crippen molar-refractivity contribution in [2.24, 2.45) is 0 Å². The van der Waals surface area contributed by atoms with Crippen molar-refractivity contribution in [3.63, 3.8) is 0 Å². The predicted molar refractivity (Wildman–Crippen MR) is 76.2 cm³/mol. The molecule has 2 aromatic rings. The van der Waals surface area contributed by atoms with E-state index in [1.807, 2.05) is 0 Å². The van der Waals surface area contributed by atoms with E-state index in [0.717, 1.165) is 0 Å². The van der Waals surface area contributed by atoms with Crippen molar-refractivity contribution in [3.05, 3.63) is 46.4 Å². The van der Waals surface area contributed by atoms with Crippen molar-refractivity contribution in [1.29, 1.82) is 5.26 Å². The van der Waals surface area contributed by atoms with Crippen molar-refractivity contribution < 1.29 is 22.3 Å². The van der Waals surface area contributed by atoms with Crippen LogP contribution in [-0.4, -0.2) is 11.2 Å². The molecule has 1 heterocycles. The van der Waals surface area contributed by atoms with Gasteiger partial charge in [-0.3, -0.25) is 0 Å². The summed E-state index contributed by atoms with van der Waals surface area (Å²) in [7, 11) is 0. The summed E-state index contributed by atoms with van der Waals surface area (Å²) in [6, 6.07) is 7.23. The number of halogens is 5. The molecule has 1 aromatic carbocycles. The first-order valence-electron chi connectivity index (χ1n) is 6.54. The lowest BCUT2D eigenvalue weighted by molar-refractivity contribution is -0.148.